The topological polar surface area (TPSA) is 81.6 Å². The van der Waals surface area contributed by atoms with Gasteiger partial charge in [0, 0.05) is 25.2 Å². The van der Waals surface area contributed by atoms with E-state index in [4.69, 9.17) is 9.47 Å². The summed E-state index contributed by atoms with van der Waals surface area (Å²) < 4.78 is 20.3. The number of thioether (sulfide) groups is 1. The highest BCUT2D eigenvalue weighted by Gasteiger charge is 2.65. The van der Waals surface area contributed by atoms with Crippen molar-refractivity contribution in [2.75, 3.05) is 18.8 Å². The fourth-order valence-corrected chi connectivity index (χ4v) is 5.60. The molecule has 0 N–H and O–H groups in total. The number of aromatic nitrogens is 2. The Morgan fingerprint density at radius 3 is 2.80 bits per heavy atom. The van der Waals surface area contributed by atoms with E-state index in [0.717, 1.165) is 72.7 Å². The van der Waals surface area contributed by atoms with Crippen molar-refractivity contribution in [2.45, 2.75) is 43.0 Å². The van der Waals surface area contributed by atoms with Gasteiger partial charge in [-0.25, -0.2) is 14.5 Å². The standard InChI is InChI=1S/C16H19N3O4S2/c1-2-3-8-24-15-14(17-25-18-15)13-10-6-7-19(9-10)16(13)22-11(20)4-5-12(21)23-16/h4-5,10,13H,2-3,6-9H2,1H3. The van der Waals surface area contributed by atoms with E-state index in [2.05, 4.69) is 15.7 Å². The van der Waals surface area contributed by atoms with Gasteiger partial charge < -0.3 is 9.47 Å². The van der Waals surface area contributed by atoms with E-state index in [9.17, 15) is 9.59 Å². The lowest BCUT2D eigenvalue weighted by atomic mass is 9.86. The molecule has 3 aliphatic rings. The fraction of sp³-hybridized carbons (Fsp3) is 0.625. The zero-order valence-corrected chi connectivity index (χ0v) is 15.5. The number of esters is 2. The van der Waals surface area contributed by atoms with Crippen molar-refractivity contribution in [3.05, 3.63) is 17.8 Å². The molecule has 25 heavy (non-hydrogen) atoms. The van der Waals surface area contributed by atoms with Crippen LogP contribution in [-0.4, -0.2) is 50.3 Å². The molecule has 7 nitrogen and oxygen atoms in total. The van der Waals surface area contributed by atoms with Crippen LogP contribution in [0.3, 0.4) is 0 Å². The molecule has 4 rings (SSSR count). The van der Waals surface area contributed by atoms with Gasteiger partial charge in [-0.1, -0.05) is 13.3 Å². The summed E-state index contributed by atoms with van der Waals surface area (Å²) in [5, 5.41) is 0.862. The number of nitrogens with zero attached hydrogens (tertiary/aromatic N) is 3. The second-order valence-electron chi connectivity index (χ2n) is 6.44. The molecular weight excluding hydrogens is 362 g/mol. The maximum Gasteiger partial charge on any atom is 0.335 e. The minimum atomic E-state index is -1.39. The molecule has 2 saturated heterocycles. The molecule has 0 aromatic carbocycles. The predicted molar refractivity (Wildman–Crippen MR) is 92.0 cm³/mol. The van der Waals surface area contributed by atoms with E-state index < -0.39 is 17.8 Å². The Balaban J connectivity index is 1.69. The van der Waals surface area contributed by atoms with Gasteiger partial charge in [0.15, 0.2) is 0 Å². The Hall–Kier alpha value is -1.45. The van der Waals surface area contributed by atoms with Gasteiger partial charge in [0.1, 0.15) is 16.6 Å². The lowest BCUT2D eigenvalue weighted by molar-refractivity contribution is -0.281. The van der Waals surface area contributed by atoms with E-state index in [0.29, 0.717) is 0 Å². The molecule has 2 bridgehead atoms. The largest absolute Gasteiger partial charge is 0.404 e. The second kappa shape index (κ2) is 6.69. The van der Waals surface area contributed by atoms with E-state index in [1.807, 2.05) is 4.90 Å². The summed E-state index contributed by atoms with van der Waals surface area (Å²) >= 11 is 2.82. The van der Waals surface area contributed by atoms with Gasteiger partial charge in [-0.05, 0) is 24.5 Å². The molecule has 9 heteroatoms. The van der Waals surface area contributed by atoms with Crippen LogP contribution in [0.2, 0.25) is 0 Å². The third-order valence-corrected chi connectivity index (χ3v) is 6.62. The summed E-state index contributed by atoms with van der Waals surface area (Å²) in [5.41, 5.74) is 0.792. The van der Waals surface area contributed by atoms with Crippen LogP contribution in [0.15, 0.2) is 17.2 Å². The molecule has 0 saturated carbocycles. The lowest BCUT2D eigenvalue weighted by Gasteiger charge is -2.40. The summed E-state index contributed by atoms with van der Waals surface area (Å²) in [5.74, 6) is -1.62. The van der Waals surface area contributed by atoms with Crippen LogP contribution in [0.5, 0.6) is 0 Å². The van der Waals surface area contributed by atoms with Crippen LogP contribution < -0.4 is 0 Å². The minimum Gasteiger partial charge on any atom is -0.404 e. The monoisotopic (exact) mass is 381 g/mol. The molecule has 1 aromatic heterocycles. The zero-order chi connectivity index (χ0) is 17.4. The van der Waals surface area contributed by atoms with Crippen LogP contribution in [0.1, 0.15) is 37.8 Å². The van der Waals surface area contributed by atoms with Gasteiger partial charge >= 0.3 is 17.8 Å². The van der Waals surface area contributed by atoms with Crippen molar-refractivity contribution in [1.29, 1.82) is 0 Å². The Labute approximate surface area is 154 Å². The number of fused-ring (bicyclic) bond motifs is 3. The number of carbonyl (C=O) groups excluding carboxylic acids is 2. The number of hydrogen-bond donors (Lipinski definition) is 0. The van der Waals surface area contributed by atoms with Gasteiger partial charge in [0.05, 0.1) is 11.7 Å². The molecule has 1 spiro atoms. The van der Waals surface area contributed by atoms with Crippen LogP contribution in [0.4, 0.5) is 0 Å². The van der Waals surface area contributed by atoms with Gasteiger partial charge in [-0.3, -0.25) is 0 Å². The zero-order valence-electron chi connectivity index (χ0n) is 13.8. The van der Waals surface area contributed by atoms with Crippen molar-refractivity contribution in [2.24, 2.45) is 5.92 Å². The third-order valence-electron chi connectivity index (χ3n) is 4.89. The average molecular weight is 381 g/mol. The minimum absolute atomic E-state index is 0.230. The number of piperidine rings is 1. The van der Waals surface area contributed by atoms with Crippen LogP contribution in [-0.2, 0) is 19.1 Å². The molecule has 0 aliphatic carbocycles. The molecule has 0 radical (unpaired) electrons. The van der Waals surface area contributed by atoms with Crippen molar-refractivity contribution in [3.63, 3.8) is 0 Å². The number of rotatable bonds is 5. The molecule has 2 fully saturated rings. The Kier molecular flexibility index (Phi) is 4.55. The maximum absolute atomic E-state index is 12.1. The third kappa shape index (κ3) is 2.88. The summed E-state index contributed by atoms with van der Waals surface area (Å²) in [6, 6.07) is 0. The Morgan fingerprint density at radius 2 is 2.08 bits per heavy atom. The molecule has 3 aliphatic heterocycles. The first kappa shape index (κ1) is 17.0. The van der Waals surface area contributed by atoms with Gasteiger partial charge in [0.2, 0.25) is 0 Å². The van der Waals surface area contributed by atoms with Crippen molar-refractivity contribution >= 4 is 35.4 Å². The van der Waals surface area contributed by atoms with Crippen molar-refractivity contribution < 1.29 is 19.1 Å². The summed E-state index contributed by atoms with van der Waals surface area (Å²) in [6.07, 6.45) is 5.42. The molecule has 1 aromatic rings. The van der Waals surface area contributed by atoms with Gasteiger partial charge in [-0.2, -0.15) is 8.75 Å². The molecular formula is C16H19N3O4S2. The highest BCUT2D eigenvalue weighted by Crippen LogP contribution is 2.54. The van der Waals surface area contributed by atoms with Crippen LogP contribution >= 0.6 is 23.5 Å². The molecule has 3 atom stereocenters. The van der Waals surface area contributed by atoms with Crippen LogP contribution in [0.25, 0.3) is 0 Å². The van der Waals surface area contributed by atoms with Gasteiger partial charge in [0.25, 0.3) is 0 Å². The quantitative estimate of drug-likeness (QED) is 0.436. The lowest BCUT2D eigenvalue weighted by Crippen LogP contribution is -2.55. The van der Waals surface area contributed by atoms with Crippen molar-refractivity contribution in [1.82, 2.24) is 13.6 Å². The predicted octanol–water partition coefficient (Wildman–Crippen LogP) is 2.16. The second-order valence-corrected chi connectivity index (χ2v) is 8.05. The van der Waals surface area contributed by atoms with Gasteiger partial charge in [-0.15, -0.1) is 11.8 Å². The molecule has 3 unspecified atom stereocenters. The fourth-order valence-electron chi connectivity index (χ4n) is 3.79. The number of unbranched alkanes of at least 4 members (excludes halogenated alkanes) is 1. The number of ether oxygens (including phenoxy) is 2. The summed E-state index contributed by atoms with van der Waals surface area (Å²) in [7, 11) is 0. The van der Waals surface area contributed by atoms with E-state index in [1.54, 1.807) is 11.8 Å². The first-order chi connectivity index (χ1) is 12.1. The van der Waals surface area contributed by atoms with E-state index in [1.165, 1.54) is 0 Å². The molecule has 134 valence electrons. The number of hydrogen-bond acceptors (Lipinski definition) is 9. The summed E-state index contributed by atoms with van der Waals surface area (Å²) in [4.78, 5) is 26.1. The molecule has 4 heterocycles. The first-order valence-electron chi connectivity index (χ1n) is 8.48. The van der Waals surface area contributed by atoms with Crippen LogP contribution in [0, 0.1) is 5.92 Å². The first-order valence-corrected chi connectivity index (χ1v) is 10.2. The maximum atomic E-state index is 12.1. The SMILES string of the molecule is CCCCSc1nsnc1C1C2CCN(C2)C12OC(=O)C=CC(=O)O2. The average Bonchev–Trinajstić information content (AvgIpc) is 3.26. The highest BCUT2D eigenvalue weighted by atomic mass is 32.2. The molecule has 0 amide bonds. The van der Waals surface area contributed by atoms with E-state index in [-0.39, 0.29) is 11.8 Å². The van der Waals surface area contributed by atoms with E-state index >= 15 is 0 Å². The normalized spacial score (nSPS) is 29.7. The summed E-state index contributed by atoms with van der Waals surface area (Å²) in [6.45, 7) is 3.61. The smallest absolute Gasteiger partial charge is 0.335 e. The highest BCUT2D eigenvalue weighted by molar-refractivity contribution is 7.99. The number of carbonyl (C=O) groups is 2. The van der Waals surface area contributed by atoms with Crippen molar-refractivity contribution in [3.8, 4) is 0 Å². The Bertz CT molecular complexity index is 700. The Morgan fingerprint density at radius 1 is 1.32 bits per heavy atom.